The first-order valence-electron chi connectivity index (χ1n) is 7.77. The van der Waals surface area contributed by atoms with E-state index >= 15 is 0 Å². The summed E-state index contributed by atoms with van der Waals surface area (Å²) in [5.41, 5.74) is 0. The molecule has 0 aromatic carbocycles. The third kappa shape index (κ3) is 3.32. The standard InChI is InChI=1S/C15H23N5O/c1-12-11-20(9-6-17-12)15(21)13-2-7-19(8-3-13)14-10-16-4-5-18-14/h4-5,10,12-13,17H,2-3,6-9,11H2,1H3. The number of aromatic nitrogens is 2. The van der Waals surface area contributed by atoms with Gasteiger partial charge in [-0.3, -0.25) is 9.78 Å². The van der Waals surface area contributed by atoms with Gasteiger partial charge in [-0.05, 0) is 19.8 Å². The molecule has 6 heteroatoms. The number of hydrogen-bond acceptors (Lipinski definition) is 5. The summed E-state index contributed by atoms with van der Waals surface area (Å²) in [6.45, 7) is 6.49. The Labute approximate surface area is 125 Å². The predicted molar refractivity (Wildman–Crippen MR) is 81.0 cm³/mol. The zero-order valence-electron chi connectivity index (χ0n) is 12.5. The molecule has 1 aromatic heterocycles. The summed E-state index contributed by atoms with van der Waals surface area (Å²) in [7, 11) is 0. The average molecular weight is 289 g/mol. The number of carbonyl (C=O) groups is 1. The van der Waals surface area contributed by atoms with Crippen LogP contribution in [-0.2, 0) is 4.79 Å². The van der Waals surface area contributed by atoms with Crippen molar-refractivity contribution in [3.8, 4) is 0 Å². The normalized spacial score (nSPS) is 24.1. The Hall–Kier alpha value is -1.69. The Morgan fingerprint density at radius 1 is 1.29 bits per heavy atom. The van der Waals surface area contributed by atoms with Gasteiger partial charge in [-0.25, -0.2) is 4.98 Å². The van der Waals surface area contributed by atoms with Crippen LogP contribution in [0.25, 0.3) is 0 Å². The monoisotopic (exact) mass is 289 g/mol. The van der Waals surface area contributed by atoms with E-state index in [1.807, 2.05) is 4.90 Å². The first-order valence-corrected chi connectivity index (χ1v) is 7.77. The summed E-state index contributed by atoms with van der Waals surface area (Å²) in [5, 5.41) is 3.38. The van der Waals surface area contributed by atoms with Crippen molar-refractivity contribution in [2.75, 3.05) is 37.6 Å². The molecule has 114 valence electrons. The number of piperazine rings is 1. The SMILES string of the molecule is CC1CN(C(=O)C2CCN(c3cnccn3)CC2)CCN1. The zero-order chi connectivity index (χ0) is 14.7. The van der Waals surface area contributed by atoms with Crippen molar-refractivity contribution in [3.05, 3.63) is 18.6 Å². The molecule has 2 fully saturated rings. The molecule has 2 aliphatic heterocycles. The molecule has 3 rings (SSSR count). The van der Waals surface area contributed by atoms with Crippen LogP contribution in [0.5, 0.6) is 0 Å². The second kappa shape index (κ2) is 6.39. The van der Waals surface area contributed by atoms with Crippen molar-refractivity contribution >= 4 is 11.7 Å². The summed E-state index contributed by atoms with van der Waals surface area (Å²) in [6, 6.07) is 0.405. The first-order chi connectivity index (χ1) is 10.2. The summed E-state index contributed by atoms with van der Waals surface area (Å²) < 4.78 is 0. The molecule has 6 nitrogen and oxygen atoms in total. The van der Waals surface area contributed by atoms with E-state index in [0.29, 0.717) is 11.9 Å². The lowest BCUT2D eigenvalue weighted by molar-refractivity contribution is -0.137. The molecule has 1 aromatic rings. The first kappa shape index (κ1) is 14.3. The van der Waals surface area contributed by atoms with Crippen LogP contribution in [0.4, 0.5) is 5.82 Å². The van der Waals surface area contributed by atoms with Crippen molar-refractivity contribution in [2.45, 2.75) is 25.8 Å². The van der Waals surface area contributed by atoms with Crippen LogP contribution in [0.2, 0.25) is 0 Å². The van der Waals surface area contributed by atoms with Crippen LogP contribution < -0.4 is 10.2 Å². The van der Waals surface area contributed by atoms with Gasteiger partial charge in [0.15, 0.2) is 0 Å². The van der Waals surface area contributed by atoms with Gasteiger partial charge in [-0.15, -0.1) is 0 Å². The summed E-state index contributed by atoms with van der Waals surface area (Å²) in [5.74, 6) is 1.42. The van der Waals surface area contributed by atoms with Gasteiger partial charge in [-0.1, -0.05) is 0 Å². The average Bonchev–Trinajstić information content (AvgIpc) is 2.55. The number of carbonyl (C=O) groups excluding carboxylic acids is 1. The van der Waals surface area contributed by atoms with Crippen LogP contribution in [0.3, 0.4) is 0 Å². The molecule has 0 spiro atoms. The minimum Gasteiger partial charge on any atom is -0.355 e. The maximum Gasteiger partial charge on any atom is 0.225 e. The van der Waals surface area contributed by atoms with Crippen molar-refractivity contribution in [3.63, 3.8) is 0 Å². The van der Waals surface area contributed by atoms with Crippen molar-refractivity contribution in [1.29, 1.82) is 0 Å². The van der Waals surface area contributed by atoms with E-state index in [1.165, 1.54) is 0 Å². The van der Waals surface area contributed by atoms with Crippen LogP contribution in [-0.4, -0.2) is 59.5 Å². The van der Waals surface area contributed by atoms with Crippen molar-refractivity contribution in [1.82, 2.24) is 20.2 Å². The predicted octanol–water partition coefficient (Wildman–Crippen LogP) is 0.513. The fourth-order valence-corrected chi connectivity index (χ4v) is 3.20. The maximum atomic E-state index is 12.6. The maximum absolute atomic E-state index is 12.6. The van der Waals surface area contributed by atoms with Crippen LogP contribution in [0.1, 0.15) is 19.8 Å². The summed E-state index contributed by atoms with van der Waals surface area (Å²) in [4.78, 5) is 25.3. The molecule has 0 saturated carbocycles. The van der Waals surface area contributed by atoms with E-state index in [4.69, 9.17) is 0 Å². The van der Waals surface area contributed by atoms with E-state index in [1.54, 1.807) is 18.6 Å². The number of nitrogens with one attached hydrogen (secondary N) is 1. The molecular weight excluding hydrogens is 266 g/mol. The van der Waals surface area contributed by atoms with Crippen molar-refractivity contribution < 1.29 is 4.79 Å². The zero-order valence-corrected chi connectivity index (χ0v) is 12.5. The number of piperidine rings is 1. The molecule has 0 aliphatic carbocycles. The van der Waals surface area contributed by atoms with Gasteiger partial charge in [0.05, 0.1) is 6.20 Å². The van der Waals surface area contributed by atoms with Gasteiger partial charge in [0.1, 0.15) is 5.82 Å². The fraction of sp³-hybridized carbons (Fsp3) is 0.667. The lowest BCUT2D eigenvalue weighted by Gasteiger charge is -2.37. The quantitative estimate of drug-likeness (QED) is 0.860. The van der Waals surface area contributed by atoms with Crippen LogP contribution in [0, 0.1) is 5.92 Å². The molecule has 0 bridgehead atoms. The molecule has 2 aliphatic rings. The number of amides is 1. The Balaban J connectivity index is 1.54. The minimum atomic E-state index is 0.170. The van der Waals surface area contributed by atoms with E-state index in [0.717, 1.165) is 51.4 Å². The van der Waals surface area contributed by atoms with Gasteiger partial charge in [-0.2, -0.15) is 0 Å². The van der Waals surface area contributed by atoms with Crippen molar-refractivity contribution in [2.24, 2.45) is 5.92 Å². The topological polar surface area (TPSA) is 61.4 Å². The van der Waals surface area contributed by atoms with Gasteiger partial charge in [0.25, 0.3) is 0 Å². The number of rotatable bonds is 2. The van der Waals surface area contributed by atoms with Crippen LogP contribution in [0.15, 0.2) is 18.6 Å². The lowest BCUT2D eigenvalue weighted by Crippen LogP contribution is -2.53. The lowest BCUT2D eigenvalue weighted by atomic mass is 9.94. The van der Waals surface area contributed by atoms with Gasteiger partial charge in [0.2, 0.25) is 5.91 Å². The molecule has 2 saturated heterocycles. The van der Waals surface area contributed by atoms with Gasteiger partial charge < -0.3 is 15.1 Å². The highest BCUT2D eigenvalue weighted by atomic mass is 16.2. The number of anilines is 1. The fourth-order valence-electron chi connectivity index (χ4n) is 3.20. The number of nitrogens with zero attached hydrogens (tertiary/aromatic N) is 4. The van der Waals surface area contributed by atoms with E-state index in [9.17, 15) is 4.79 Å². The van der Waals surface area contributed by atoms with Crippen LogP contribution >= 0.6 is 0 Å². The Morgan fingerprint density at radius 2 is 2.10 bits per heavy atom. The van der Waals surface area contributed by atoms with E-state index in [-0.39, 0.29) is 5.92 Å². The Morgan fingerprint density at radius 3 is 2.76 bits per heavy atom. The molecule has 21 heavy (non-hydrogen) atoms. The highest BCUT2D eigenvalue weighted by Crippen LogP contribution is 2.23. The molecule has 0 radical (unpaired) electrons. The third-order valence-electron chi connectivity index (χ3n) is 4.40. The highest BCUT2D eigenvalue weighted by Gasteiger charge is 2.30. The second-order valence-corrected chi connectivity index (χ2v) is 5.96. The molecule has 1 unspecified atom stereocenters. The second-order valence-electron chi connectivity index (χ2n) is 5.96. The Kier molecular flexibility index (Phi) is 4.34. The largest absolute Gasteiger partial charge is 0.355 e. The molecule has 1 N–H and O–H groups in total. The molecule has 3 heterocycles. The van der Waals surface area contributed by atoms with Gasteiger partial charge >= 0.3 is 0 Å². The molecule has 1 amide bonds. The van der Waals surface area contributed by atoms with E-state index < -0.39 is 0 Å². The summed E-state index contributed by atoms with van der Waals surface area (Å²) in [6.07, 6.45) is 7.02. The molecule has 1 atom stereocenters. The molecular formula is C15H23N5O. The Bertz CT molecular complexity index is 472. The number of hydrogen-bond donors (Lipinski definition) is 1. The minimum absolute atomic E-state index is 0.170. The third-order valence-corrected chi connectivity index (χ3v) is 4.40. The van der Waals surface area contributed by atoms with Gasteiger partial charge in [0, 0.05) is 57.1 Å². The highest BCUT2D eigenvalue weighted by molar-refractivity contribution is 5.79. The smallest absolute Gasteiger partial charge is 0.225 e. The summed E-state index contributed by atoms with van der Waals surface area (Å²) >= 11 is 0. The van der Waals surface area contributed by atoms with E-state index in [2.05, 4.69) is 27.1 Å².